The van der Waals surface area contributed by atoms with Gasteiger partial charge in [0.25, 0.3) is 5.56 Å². The van der Waals surface area contributed by atoms with Gasteiger partial charge in [-0.25, -0.2) is 4.68 Å². The number of carbonyl (C=O) groups excluding carboxylic acids is 1. The lowest BCUT2D eigenvalue weighted by atomic mass is 10.2. The van der Waals surface area contributed by atoms with Gasteiger partial charge in [0.1, 0.15) is 12.1 Å². The Morgan fingerprint density at radius 3 is 2.94 bits per heavy atom. The first-order valence-corrected chi connectivity index (χ1v) is 4.75. The fraction of sp³-hybridized carbons (Fsp3) is 0.200. The van der Waals surface area contributed by atoms with Crippen LogP contribution < -0.4 is 10.9 Å². The number of hydrogen-bond donors (Lipinski definition) is 1. The maximum atomic E-state index is 11.9. The molecule has 0 aliphatic carbocycles. The van der Waals surface area contributed by atoms with Gasteiger partial charge in [0, 0.05) is 7.05 Å². The maximum absolute atomic E-state index is 11.9. The third-order valence-electron chi connectivity index (χ3n) is 2.20. The Labute approximate surface area is 90.9 Å². The van der Waals surface area contributed by atoms with Crippen molar-refractivity contribution in [1.29, 1.82) is 0 Å². The predicted molar refractivity (Wildman–Crippen MR) is 57.9 cm³/mol. The molecule has 0 unspecified atom stereocenters. The molecule has 82 valence electrons. The van der Waals surface area contributed by atoms with Crippen molar-refractivity contribution in [3.8, 4) is 0 Å². The van der Waals surface area contributed by atoms with Crippen molar-refractivity contribution in [3.05, 3.63) is 34.6 Å². The van der Waals surface area contributed by atoms with E-state index in [1.54, 1.807) is 24.3 Å². The second-order valence-electron chi connectivity index (χ2n) is 3.24. The highest BCUT2D eigenvalue weighted by Crippen LogP contribution is 2.02. The summed E-state index contributed by atoms with van der Waals surface area (Å²) in [5.74, 6) is -0.285. The molecule has 6 nitrogen and oxygen atoms in total. The summed E-state index contributed by atoms with van der Waals surface area (Å²) < 4.78 is 1.04. The molecule has 1 N–H and O–H groups in total. The molecule has 0 aliphatic heterocycles. The van der Waals surface area contributed by atoms with E-state index in [2.05, 4.69) is 15.6 Å². The number of nitrogens with zero attached hydrogens (tertiary/aromatic N) is 3. The number of aromatic nitrogens is 3. The summed E-state index contributed by atoms with van der Waals surface area (Å²) in [6.07, 6.45) is 0. The molecule has 6 heteroatoms. The summed E-state index contributed by atoms with van der Waals surface area (Å²) in [4.78, 5) is 23.0. The number of likely N-dealkylation sites (N-methyl/N-ethyl adjacent to an activating group) is 1. The molecule has 1 aromatic carbocycles. The van der Waals surface area contributed by atoms with Gasteiger partial charge < -0.3 is 5.32 Å². The molecule has 2 aromatic rings. The Morgan fingerprint density at radius 2 is 2.19 bits per heavy atom. The summed E-state index contributed by atoms with van der Waals surface area (Å²) in [7, 11) is 1.50. The van der Waals surface area contributed by atoms with Crippen LogP contribution in [0.25, 0.3) is 10.9 Å². The first kappa shape index (κ1) is 10.3. The quantitative estimate of drug-likeness (QED) is 0.739. The molecule has 0 saturated heterocycles. The molecule has 1 aromatic heterocycles. The van der Waals surface area contributed by atoms with Crippen molar-refractivity contribution >= 4 is 16.8 Å². The lowest BCUT2D eigenvalue weighted by Gasteiger charge is -2.03. The van der Waals surface area contributed by atoms with Crippen molar-refractivity contribution in [2.24, 2.45) is 0 Å². The zero-order valence-electron chi connectivity index (χ0n) is 8.67. The van der Waals surface area contributed by atoms with Gasteiger partial charge in [0.05, 0.1) is 5.39 Å². The van der Waals surface area contributed by atoms with Crippen molar-refractivity contribution in [3.63, 3.8) is 0 Å². The van der Waals surface area contributed by atoms with Crippen LogP contribution in [-0.2, 0) is 11.3 Å². The van der Waals surface area contributed by atoms with Crippen LogP contribution in [0.1, 0.15) is 0 Å². The summed E-state index contributed by atoms with van der Waals surface area (Å²) in [6, 6.07) is 6.88. The normalized spacial score (nSPS) is 10.3. The largest absolute Gasteiger partial charge is 0.358 e. The highest BCUT2D eigenvalue weighted by atomic mass is 16.2. The highest BCUT2D eigenvalue weighted by molar-refractivity contribution is 5.78. The van der Waals surface area contributed by atoms with Gasteiger partial charge in [-0.2, -0.15) is 0 Å². The Kier molecular flexibility index (Phi) is 2.63. The molecule has 0 spiro atoms. The van der Waals surface area contributed by atoms with Crippen LogP contribution in [0, 0.1) is 0 Å². The van der Waals surface area contributed by atoms with Crippen molar-refractivity contribution in [1.82, 2.24) is 20.3 Å². The number of hydrogen-bond acceptors (Lipinski definition) is 4. The van der Waals surface area contributed by atoms with Gasteiger partial charge in [0.15, 0.2) is 0 Å². The number of rotatable bonds is 2. The van der Waals surface area contributed by atoms with Crippen LogP contribution in [0.4, 0.5) is 0 Å². The SMILES string of the molecule is CNC(=O)Cn1nnc2ccccc2c1=O. The van der Waals surface area contributed by atoms with Gasteiger partial charge in [0.2, 0.25) is 5.91 Å². The number of carbonyl (C=O) groups is 1. The van der Waals surface area contributed by atoms with Crippen molar-refractivity contribution in [2.75, 3.05) is 7.05 Å². The lowest BCUT2D eigenvalue weighted by Crippen LogP contribution is -2.32. The second kappa shape index (κ2) is 4.09. The van der Waals surface area contributed by atoms with Gasteiger partial charge >= 0.3 is 0 Å². The molecular weight excluding hydrogens is 208 g/mol. The summed E-state index contributed by atoms with van der Waals surface area (Å²) in [5.41, 5.74) is 0.217. The fourth-order valence-electron chi connectivity index (χ4n) is 1.34. The van der Waals surface area contributed by atoms with E-state index in [4.69, 9.17) is 0 Å². The first-order valence-electron chi connectivity index (χ1n) is 4.75. The van der Waals surface area contributed by atoms with Crippen LogP contribution in [0.3, 0.4) is 0 Å². The van der Waals surface area contributed by atoms with Gasteiger partial charge in [-0.3, -0.25) is 9.59 Å². The Hall–Kier alpha value is -2.24. The van der Waals surface area contributed by atoms with Crippen LogP contribution in [0.15, 0.2) is 29.1 Å². The summed E-state index contributed by atoms with van der Waals surface area (Å²) in [6.45, 7) is -0.118. The number of benzene rings is 1. The van der Waals surface area contributed by atoms with Crippen LogP contribution in [-0.4, -0.2) is 27.9 Å². The van der Waals surface area contributed by atoms with Crippen LogP contribution >= 0.6 is 0 Å². The molecule has 0 fully saturated rings. The van der Waals surface area contributed by atoms with Gasteiger partial charge in [-0.15, -0.1) is 5.10 Å². The van der Waals surface area contributed by atoms with E-state index >= 15 is 0 Å². The zero-order valence-corrected chi connectivity index (χ0v) is 8.67. The fourth-order valence-corrected chi connectivity index (χ4v) is 1.34. The monoisotopic (exact) mass is 218 g/mol. The van der Waals surface area contributed by atoms with Crippen molar-refractivity contribution in [2.45, 2.75) is 6.54 Å². The smallest absolute Gasteiger partial charge is 0.278 e. The van der Waals surface area contributed by atoms with Gasteiger partial charge in [-0.05, 0) is 12.1 Å². The van der Waals surface area contributed by atoms with Crippen molar-refractivity contribution < 1.29 is 4.79 Å². The highest BCUT2D eigenvalue weighted by Gasteiger charge is 2.07. The first-order chi connectivity index (χ1) is 7.72. The van der Waals surface area contributed by atoms with E-state index in [9.17, 15) is 9.59 Å². The van der Waals surface area contributed by atoms with E-state index in [0.29, 0.717) is 10.9 Å². The minimum Gasteiger partial charge on any atom is -0.358 e. The van der Waals surface area contributed by atoms with E-state index in [-0.39, 0.29) is 18.0 Å². The summed E-state index contributed by atoms with van der Waals surface area (Å²) in [5, 5.41) is 10.4. The third-order valence-corrected chi connectivity index (χ3v) is 2.20. The molecule has 0 atom stereocenters. The van der Waals surface area contributed by atoms with E-state index in [1.165, 1.54) is 7.05 Å². The Morgan fingerprint density at radius 1 is 1.44 bits per heavy atom. The Bertz CT molecular complexity index is 591. The average molecular weight is 218 g/mol. The molecule has 0 bridgehead atoms. The molecular formula is C10H10N4O2. The molecule has 0 saturated carbocycles. The molecule has 1 heterocycles. The summed E-state index contributed by atoms with van der Waals surface area (Å²) >= 11 is 0. The molecule has 0 radical (unpaired) electrons. The van der Waals surface area contributed by atoms with E-state index < -0.39 is 0 Å². The Balaban J connectivity index is 2.53. The lowest BCUT2D eigenvalue weighted by molar-refractivity contribution is -0.121. The second-order valence-corrected chi connectivity index (χ2v) is 3.24. The molecule has 0 aliphatic rings. The van der Waals surface area contributed by atoms with E-state index in [0.717, 1.165) is 4.68 Å². The number of amides is 1. The van der Waals surface area contributed by atoms with Crippen LogP contribution in [0.5, 0.6) is 0 Å². The number of fused-ring (bicyclic) bond motifs is 1. The molecule has 2 rings (SSSR count). The third kappa shape index (κ3) is 1.77. The predicted octanol–water partition coefficient (Wildman–Crippen LogP) is -0.463. The number of nitrogens with one attached hydrogen (secondary N) is 1. The minimum absolute atomic E-state index is 0.118. The molecule has 1 amide bonds. The minimum atomic E-state index is -0.311. The average Bonchev–Trinajstić information content (AvgIpc) is 2.33. The standard InChI is InChI=1S/C10H10N4O2/c1-11-9(15)6-14-10(16)7-4-2-3-5-8(7)12-13-14/h2-5H,6H2,1H3,(H,11,15). The molecule has 16 heavy (non-hydrogen) atoms. The van der Waals surface area contributed by atoms with Crippen LogP contribution in [0.2, 0.25) is 0 Å². The zero-order chi connectivity index (χ0) is 11.5. The topological polar surface area (TPSA) is 76.9 Å². The van der Waals surface area contributed by atoms with Gasteiger partial charge in [-0.1, -0.05) is 17.3 Å². The van der Waals surface area contributed by atoms with E-state index in [1.807, 2.05) is 0 Å². The maximum Gasteiger partial charge on any atom is 0.278 e.